The lowest BCUT2D eigenvalue weighted by atomic mass is 10.1. The summed E-state index contributed by atoms with van der Waals surface area (Å²) < 4.78 is 47.6. The molecule has 3 nitrogen and oxygen atoms in total. The number of alkyl halides is 3. The third-order valence-corrected chi connectivity index (χ3v) is 3.25. The highest BCUT2D eigenvalue weighted by atomic mass is 19.4. The number of esters is 1. The Morgan fingerprint density at radius 3 is 2.27 bits per heavy atom. The van der Waals surface area contributed by atoms with Gasteiger partial charge in [0.1, 0.15) is 5.75 Å². The molecule has 6 heteroatoms. The van der Waals surface area contributed by atoms with Gasteiger partial charge in [0.15, 0.2) is 0 Å². The minimum Gasteiger partial charge on any atom is -0.494 e. The smallest absolute Gasteiger partial charge is 0.416 e. The second-order valence-corrected chi connectivity index (χ2v) is 5.05. The summed E-state index contributed by atoms with van der Waals surface area (Å²) >= 11 is 0. The van der Waals surface area contributed by atoms with Gasteiger partial charge in [0.2, 0.25) is 0 Å². The molecule has 0 aliphatic heterocycles. The first-order valence-corrected chi connectivity index (χ1v) is 7.31. The first kappa shape index (κ1) is 18.3. The second kappa shape index (κ2) is 8.66. The first-order chi connectivity index (χ1) is 10.3. The minimum atomic E-state index is -4.34. The third kappa shape index (κ3) is 6.37. The third-order valence-electron chi connectivity index (χ3n) is 3.25. The molecule has 0 heterocycles. The van der Waals surface area contributed by atoms with E-state index in [-0.39, 0.29) is 11.9 Å². The summed E-state index contributed by atoms with van der Waals surface area (Å²) in [6, 6.07) is 4.57. The number of benzene rings is 1. The van der Waals surface area contributed by atoms with E-state index in [1.54, 1.807) is 0 Å². The van der Waals surface area contributed by atoms with Gasteiger partial charge in [-0.05, 0) is 43.5 Å². The summed E-state index contributed by atoms with van der Waals surface area (Å²) in [6.07, 6.45) is -2.27. The molecule has 1 aromatic carbocycles. The maximum atomic E-state index is 12.4. The maximum Gasteiger partial charge on any atom is 0.416 e. The van der Waals surface area contributed by atoms with Gasteiger partial charge in [-0.2, -0.15) is 13.2 Å². The van der Waals surface area contributed by atoms with Crippen LogP contribution in [-0.4, -0.2) is 19.2 Å². The highest BCUT2D eigenvalue weighted by Crippen LogP contribution is 2.30. The van der Waals surface area contributed by atoms with Crippen molar-refractivity contribution < 1.29 is 27.4 Å². The van der Waals surface area contributed by atoms with Crippen LogP contribution in [0.1, 0.15) is 38.7 Å². The van der Waals surface area contributed by atoms with Gasteiger partial charge in [-0.1, -0.05) is 13.8 Å². The van der Waals surface area contributed by atoms with Crippen molar-refractivity contribution in [2.75, 3.05) is 13.2 Å². The van der Waals surface area contributed by atoms with E-state index in [2.05, 4.69) is 0 Å². The van der Waals surface area contributed by atoms with Crippen molar-refractivity contribution in [2.24, 2.45) is 5.92 Å². The number of unbranched alkanes of at least 4 members (excludes halogenated alkanes) is 1. The quantitative estimate of drug-likeness (QED) is 0.524. The molecule has 1 aromatic rings. The number of carbonyl (C=O) groups excluding carboxylic acids is 1. The van der Waals surface area contributed by atoms with Crippen LogP contribution in [0.5, 0.6) is 5.75 Å². The van der Waals surface area contributed by atoms with Crippen LogP contribution < -0.4 is 4.74 Å². The van der Waals surface area contributed by atoms with Gasteiger partial charge in [0, 0.05) is 0 Å². The Morgan fingerprint density at radius 1 is 1.14 bits per heavy atom. The van der Waals surface area contributed by atoms with Crippen molar-refractivity contribution >= 4 is 5.97 Å². The molecule has 0 amide bonds. The summed E-state index contributed by atoms with van der Waals surface area (Å²) in [7, 11) is 0. The van der Waals surface area contributed by atoms with E-state index >= 15 is 0 Å². The zero-order chi connectivity index (χ0) is 16.6. The molecular formula is C16H21F3O3. The van der Waals surface area contributed by atoms with E-state index in [0.29, 0.717) is 31.8 Å². The van der Waals surface area contributed by atoms with Crippen LogP contribution in [-0.2, 0) is 15.7 Å². The number of halogens is 3. The molecule has 1 unspecified atom stereocenters. The van der Waals surface area contributed by atoms with Crippen LogP contribution in [0.4, 0.5) is 13.2 Å². The molecule has 0 saturated heterocycles. The largest absolute Gasteiger partial charge is 0.494 e. The monoisotopic (exact) mass is 318 g/mol. The molecule has 0 spiro atoms. The zero-order valence-corrected chi connectivity index (χ0v) is 12.8. The van der Waals surface area contributed by atoms with E-state index < -0.39 is 11.7 Å². The number of ether oxygens (including phenoxy) is 2. The van der Waals surface area contributed by atoms with Gasteiger partial charge >= 0.3 is 12.1 Å². The summed E-state index contributed by atoms with van der Waals surface area (Å²) in [6.45, 7) is 4.44. The fourth-order valence-corrected chi connectivity index (χ4v) is 1.62. The number of rotatable bonds is 8. The van der Waals surface area contributed by atoms with Crippen molar-refractivity contribution in [1.82, 2.24) is 0 Å². The Morgan fingerprint density at radius 2 is 1.73 bits per heavy atom. The molecule has 0 N–H and O–H groups in total. The average molecular weight is 318 g/mol. The molecule has 0 saturated carbocycles. The lowest BCUT2D eigenvalue weighted by Crippen LogP contribution is -2.14. The van der Waals surface area contributed by atoms with Crippen molar-refractivity contribution in [3.05, 3.63) is 29.8 Å². The van der Waals surface area contributed by atoms with Crippen molar-refractivity contribution in [1.29, 1.82) is 0 Å². The van der Waals surface area contributed by atoms with Crippen LogP contribution in [0, 0.1) is 5.92 Å². The Balaban J connectivity index is 2.19. The number of hydrogen-bond acceptors (Lipinski definition) is 3. The molecule has 0 aromatic heterocycles. The van der Waals surface area contributed by atoms with Gasteiger partial charge in [-0.25, -0.2) is 0 Å². The first-order valence-electron chi connectivity index (χ1n) is 7.31. The molecule has 0 bridgehead atoms. The summed E-state index contributed by atoms with van der Waals surface area (Å²) in [5, 5.41) is 0. The fourth-order valence-electron chi connectivity index (χ4n) is 1.62. The van der Waals surface area contributed by atoms with E-state index in [0.717, 1.165) is 18.6 Å². The summed E-state index contributed by atoms with van der Waals surface area (Å²) in [5.41, 5.74) is -0.697. The van der Waals surface area contributed by atoms with Crippen LogP contribution in [0.2, 0.25) is 0 Å². The van der Waals surface area contributed by atoms with Crippen molar-refractivity contribution in [3.63, 3.8) is 0 Å². The molecule has 1 rings (SSSR count). The highest BCUT2D eigenvalue weighted by Gasteiger charge is 2.29. The summed E-state index contributed by atoms with van der Waals surface area (Å²) in [5.74, 6) is 0.0964. The van der Waals surface area contributed by atoms with E-state index in [4.69, 9.17) is 9.47 Å². The molecule has 0 radical (unpaired) electrons. The van der Waals surface area contributed by atoms with Gasteiger partial charge in [0.25, 0.3) is 0 Å². The maximum absolute atomic E-state index is 12.4. The van der Waals surface area contributed by atoms with Gasteiger partial charge in [-0.15, -0.1) is 0 Å². The van der Waals surface area contributed by atoms with Gasteiger partial charge in [0.05, 0.1) is 24.7 Å². The van der Waals surface area contributed by atoms with Gasteiger partial charge < -0.3 is 9.47 Å². The van der Waals surface area contributed by atoms with Crippen LogP contribution >= 0.6 is 0 Å². The number of hydrogen-bond donors (Lipinski definition) is 0. The Bertz CT molecular complexity index is 455. The highest BCUT2D eigenvalue weighted by molar-refractivity contribution is 5.71. The number of carbonyl (C=O) groups is 1. The fraction of sp³-hybridized carbons (Fsp3) is 0.562. The molecule has 1 atom stereocenters. The normalized spacial score (nSPS) is 12.8. The van der Waals surface area contributed by atoms with Crippen LogP contribution in [0.3, 0.4) is 0 Å². The second-order valence-electron chi connectivity index (χ2n) is 5.05. The minimum absolute atomic E-state index is 0.0941. The molecule has 124 valence electrons. The van der Waals surface area contributed by atoms with Crippen LogP contribution in [0.25, 0.3) is 0 Å². The van der Waals surface area contributed by atoms with Crippen molar-refractivity contribution in [3.8, 4) is 5.75 Å². The van der Waals surface area contributed by atoms with Gasteiger partial charge in [-0.3, -0.25) is 4.79 Å². The predicted octanol–water partition coefficient (Wildman–Crippen LogP) is 4.45. The lowest BCUT2D eigenvalue weighted by molar-refractivity contribution is -0.148. The summed E-state index contributed by atoms with van der Waals surface area (Å²) in [4.78, 5) is 11.4. The molecule has 0 aliphatic carbocycles. The molecule has 0 aliphatic rings. The zero-order valence-electron chi connectivity index (χ0n) is 12.8. The Hall–Kier alpha value is -1.72. The van der Waals surface area contributed by atoms with E-state index in [9.17, 15) is 18.0 Å². The molecule has 22 heavy (non-hydrogen) atoms. The topological polar surface area (TPSA) is 35.5 Å². The predicted molar refractivity (Wildman–Crippen MR) is 76.6 cm³/mol. The van der Waals surface area contributed by atoms with E-state index in [1.807, 2.05) is 13.8 Å². The van der Waals surface area contributed by atoms with Crippen LogP contribution in [0.15, 0.2) is 24.3 Å². The molecule has 0 fully saturated rings. The van der Waals surface area contributed by atoms with E-state index in [1.165, 1.54) is 12.1 Å². The average Bonchev–Trinajstić information content (AvgIpc) is 2.49. The lowest BCUT2D eigenvalue weighted by Gasteiger charge is -2.10. The SMILES string of the molecule is CCC(C)C(=O)OCCCCOc1ccc(C(F)(F)F)cc1. The Labute approximate surface area is 128 Å². The standard InChI is InChI=1S/C16H21F3O3/c1-3-12(2)15(20)22-11-5-4-10-21-14-8-6-13(7-9-14)16(17,18)19/h6-9,12H,3-5,10-11H2,1-2H3. The molecular weight excluding hydrogens is 297 g/mol. The Kier molecular flexibility index (Phi) is 7.21. The van der Waals surface area contributed by atoms with Crippen molar-refractivity contribution in [2.45, 2.75) is 39.3 Å².